The lowest BCUT2D eigenvalue weighted by Crippen LogP contribution is -2.56. The monoisotopic (exact) mass is 443 g/mol. The Morgan fingerprint density at radius 2 is 2.06 bits per heavy atom. The van der Waals surface area contributed by atoms with Gasteiger partial charge in [0.05, 0.1) is 12.5 Å². The zero-order chi connectivity index (χ0) is 23.4. The minimum atomic E-state index is -0.547. The molecule has 0 aromatic carbocycles. The summed E-state index contributed by atoms with van der Waals surface area (Å²) >= 11 is 0. The number of rotatable bonds is 5. The van der Waals surface area contributed by atoms with Crippen LogP contribution in [0, 0.1) is 40.4 Å². The Labute approximate surface area is 190 Å². The lowest BCUT2D eigenvalue weighted by atomic mass is 9.46. The molecule has 6 heteroatoms. The average Bonchev–Trinajstić information content (AvgIpc) is 2.95. The molecule has 176 valence electrons. The van der Waals surface area contributed by atoms with E-state index in [1.165, 1.54) is 0 Å². The SMILES string of the molecule is CC(N)CC(=O)OCC(=O)C1C(C)CC2C3CCC4=CC(=O)C=CC4(C)C3C(O)CC21C. The van der Waals surface area contributed by atoms with Crippen LogP contribution in [0.3, 0.4) is 0 Å². The molecule has 4 rings (SSSR count). The summed E-state index contributed by atoms with van der Waals surface area (Å²) in [6.07, 6.45) is 8.24. The molecule has 32 heavy (non-hydrogen) atoms. The first kappa shape index (κ1) is 23.4. The molecular formula is C26H37NO5. The lowest BCUT2D eigenvalue weighted by Gasteiger charge is -2.58. The Balaban J connectivity index is 1.56. The van der Waals surface area contributed by atoms with Gasteiger partial charge >= 0.3 is 5.97 Å². The number of carbonyl (C=O) groups is 3. The summed E-state index contributed by atoms with van der Waals surface area (Å²) in [5.74, 6) is 0.149. The van der Waals surface area contributed by atoms with E-state index >= 15 is 0 Å². The number of allylic oxidation sites excluding steroid dienone is 4. The summed E-state index contributed by atoms with van der Waals surface area (Å²) in [5, 5.41) is 11.4. The molecule has 0 bridgehead atoms. The Morgan fingerprint density at radius 1 is 1.34 bits per heavy atom. The first-order valence-corrected chi connectivity index (χ1v) is 12.0. The highest BCUT2D eigenvalue weighted by atomic mass is 16.5. The van der Waals surface area contributed by atoms with Gasteiger partial charge < -0.3 is 15.6 Å². The van der Waals surface area contributed by atoms with Crippen molar-refractivity contribution in [1.82, 2.24) is 0 Å². The van der Waals surface area contributed by atoms with Crippen LogP contribution in [0.5, 0.6) is 0 Å². The molecule has 0 saturated heterocycles. The number of ketones is 2. The molecule has 9 unspecified atom stereocenters. The van der Waals surface area contributed by atoms with Gasteiger partial charge in [-0.05, 0) is 67.9 Å². The molecule has 0 aliphatic heterocycles. The first-order chi connectivity index (χ1) is 15.0. The molecule has 3 saturated carbocycles. The van der Waals surface area contributed by atoms with Crippen molar-refractivity contribution >= 4 is 17.5 Å². The number of hydrogen-bond acceptors (Lipinski definition) is 6. The Hall–Kier alpha value is -1.79. The van der Waals surface area contributed by atoms with Gasteiger partial charge in [0.15, 0.2) is 11.6 Å². The van der Waals surface area contributed by atoms with E-state index in [2.05, 4.69) is 20.8 Å². The van der Waals surface area contributed by atoms with Crippen molar-refractivity contribution in [2.45, 2.75) is 71.9 Å². The van der Waals surface area contributed by atoms with Crippen LogP contribution >= 0.6 is 0 Å². The third-order valence-corrected chi connectivity index (χ3v) is 9.05. The van der Waals surface area contributed by atoms with E-state index in [1.54, 1.807) is 19.1 Å². The van der Waals surface area contributed by atoms with E-state index in [1.807, 2.05) is 6.08 Å². The number of carbonyl (C=O) groups excluding carboxylic acids is 3. The summed E-state index contributed by atoms with van der Waals surface area (Å²) in [6.45, 7) is 7.94. The van der Waals surface area contributed by atoms with Crippen molar-refractivity contribution in [1.29, 1.82) is 0 Å². The van der Waals surface area contributed by atoms with Gasteiger partial charge in [0.1, 0.15) is 6.61 Å². The summed E-state index contributed by atoms with van der Waals surface area (Å²) in [5.41, 5.74) is 6.16. The fourth-order valence-corrected chi connectivity index (χ4v) is 7.94. The molecular weight excluding hydrogens is 406 g/mol. The van der Waals surface area contributed by atoms with Gasteiger partial charge in [-0.2, -0.15) is 0 Å². The van der Waals surface area contributed by atoms with E-state index in [0.717, 1.165) is 24.8 Å². The third-order valence-electron chi connectivity index (χ3n) is 9.05. The largest absolute Gasteiger partial charge is 0.458 e. The molecule has 3 N–H and O–H groups in total. The molecule has 4 aliphatic rings. The predicted molar refractivity (Wildman–Crippen MR) is 120 cm³/mol. The van der Waals surface area contributed by atoms with Crippen molar-refractivity contribution < 1.29 is 24.2 Å². The van der Waals surface area contributed by atoms with Gasteiger partial charge in [0.2, 0.25) is 0 Å². The van der Waals surface area contributed by atoms with Gasteiger partial charge in [-0.3, -0.25) is 14.4 Å². The highest BCUT2D eigenvalue weighted by Crippen LogP contribution is 2.67. The fourth-order valence-electron chi connectivity index (χ4n) is 7.94. The van der Waals surface area contributed by atoms with Crippen LogP contribution in [-0.4, -0.2) is 41.4 Å². The second-order valence-corrected chi connectivity index (χ2v) is 11.3. The van der Waals surface area contributed by atoms with Gasteiger partial charge in [-0.25, -0.2) is 0 Å². The number of ether oxygens (including phenoxy) is 1. The van der Waals surface area contributed by atoms with E-state index in [4.69, 9.17) is 10.5 Å². The number of aliphatic hydroxyl groups excluding tert-OH is 1. The zero-order valence-electron chi connectivity index (χ0n) is 19.7. The van der Waals surface area contributed by atoms with Gasteiger partial charge in [0, 0.05) is 23.3 Å². The van der Waals surface area contributed by atoms with Gasteiger partial charge in [0.25, 0.3) is 0 Å². The molecule has 0 aromatic rings. The lowest BCUT2D eigenvalue weighted by molar-refractivity contribution is -0.154. The number of nitrogens with two attached hydrogens (primary N) is 1. The molecule has 0 aromatic heterocycles. The van der Waals surface area contributed by atoms with Crippen molar-refractivity contribution in [2.24, 2.45) is 46.2 Å². The normalized spacial score (nSPS) is 43.6. The van der Waals surface area contributed by atoms with Crippen LogP contribution in [0.4, 0.5) is 0 Å². The quantitative estimate of drug-likeness (QED) is 0.633. The Morgan fingerprint density at radius 3 is 2.75 bits per heavy atom. The van der Waals surface area contributed by atoms with Crippen molar-refractivity contribution in [3.8, 4) is 0 Å². The number of hydrogen-bond donors (Lipinski definition) is 2. The Bertz CT molecular complexity index is 875. The third kappa shape index (κ3) is 3.69. The van der Waals surface area contributed by atoms with E-state index in [0.29, 0.717) is 18.3 Å². The topological polar surface area (TPSA) is 107 Å². The number of esters is 1. The molecule has 0 radical (unpaired) electrons. The second-order valence-electron chi connectivity index (χ2n) is 11.3. The molecule has 0 spiro atoms. The summed E-state index contributed by atoms with van der Waals surface area (Å²) in [6, 6.07) is -0.300. The molecule has 3 fully saturated rings. The van der Waals surface area contributed by atoms with E-state index in [-0.39, 0.29) is 59.2 Å². The van der Waals surface area contributed by atoms with Crippen LogP contribution in [0.15, 0.2) is 23.8 Å². The van der Waals surface area contributed by atoms with E-state index < -0.39 is 12.1 Å². The molecule has 9 atom stereocenters. The average molecular weight is 444 g/mol. The maximum absolute atomic E-state index is 13.3. The maximum atomic E-state index is 13.3. The smallest absolute Gasteiger partial charge is 0.307 e. The zero-order valence-corrected chi connectivity index (χ0v) is 19.7. The number of fused-ring (bicyclic) bond motifs is 5. The van der Waals surface area contributed by atoms with Crippen LogP contribution in [-0.2, 0) is 19.1 Å². The number of Topliss-reactive ketones (excluding diaryl/α,β-unsaturated/α-hetero) is 1. The van der Waals surface area contributed by atoms with Crippen LogP contribution in [0.1, 0.15) is 59.8 Å². The summed E-state index contributed by atoms with van der Waals surface area (Å²) < 4.78 is 5.25. The highest BCUT2D eigenvalue weighted by Gasteiger charge is 2.64. The maximum Gasteiger partial charge on any atom is 0.307 e. The fraction of sp³-hybridized carbons (Fsp3) is 0.731. The predicted octanol–water partition coefficient (Wildman–Crippen LogP) is 2.98. The van der Waals surface area contributed by atoms with Crippen molar-refractivity contribution in [3.63, 3.8) is 0 Å². The minimum absolute atomic E-state index is 0.0322. The summed E-state index contributed by atoms with van der Waals surface area (Å²) in [7, 11) is 0. The van der Waals surface area contributed by atoms with E-state index in [9.17, 15) is 19.5 Å². The number of aliphatic hydroxyl groups is 1. The highest BCUT2D eigenvalue weighted by molar-refractivity contribution is 6.01. The van der Waals surface area contributed by atoms with Gasteiger partial charge in [-0.15, -0.1) is 0 Å². The molecule has 6 nitrogen and oxygen atoms in total. The standard InChI is InChI=1S/C26H37NO5/c1-14-9-19-18-6-5-16-11-17(28)7-8-25(16,3)24(18)20(29)12-26(19,4)23(14)21(30)13-32-22(31)10-15(2)27/h7-8,11,14-15,18-20,23-24,29H,5-6,9-10,12-13,27H2,1-4H3. The molecule has 0 amide bonds. The summed E-state index contributed by atoms with van der Waals surface area (Å²) in [4.78, 5) is 37.1. The second kappa shape index (κ2) is 8.21. The molecule has 0 heterocycles. The minimum Gasteiger partial charge on any atom is -0.458 e. The Kier molecular flexibility index (Phi) is 6.00. The van der Waals surface area contributed by atoms with Crippen LogP contribution in [0.2, 0.25) is 0 Å². The molecule has 4 aliphatic carbocycles. The first-order valence-electron chi connectivity index (χ1n) is 12.0. The van der Waals surface area contributed by atoms with Gasteiger partial charge in [-0.1, -0.05) is 32.4 Å². The van der Waals surface area contributed by atoms with Crippen LogP contribution in [0.25, 0.3) is 0 Å². The van der Waals surface area contributed by atoms with Crippen molar-refractivity contribution in [3.05, 3.63) is 23.8 Å². The van der Waals surface area contributed by atoms with Crippen molar-refractivity contribution in [2.75, 3.05) is 6.61 Å². The van der Waals surface area contributed by atoms with Crippen LogP contribution < -0.4 is 5.73 Å².